The highest BCUT2D eigenvalue weighted by molar-refractivity contribution is 5.97. The number of aryl methyl sites for hydroxylation is 1. The average Bonchev–Trinajstić information content (AvgIpc) is 3.00. The number of anilines is 1. The van der Waals surface area contributed by atoms with Gasteiger partial charge in [-0.2, -0.15) is 0 Å². The van der Waals surface area contributed by atoms with Crippen molar-refractivity contribution in [1.82, 2.24) is 15.3 Å². The van der Waals surface area contributed by atoms with Gasteiger partial charge in [0.05, 0.1) is 17.9 Å². The fourth-order valence-electron chi connectivity index (χ4n) is 2.59. The van der Waals surface area contributed by atoms with E-state index in [9.17, 15) is 9.59 Å². The maximum atomic E-state index is 12.2. The smallest absolute Gasteiger partial charge is 0.269 e. The lowest BCUT2D eigenvalue weighted by atomic mass is 10.1. The van der Waals surface area contributed by atoms with Gasteiger partial charge in [-0.05, 0) is 38.0 Å². The Morgan fingerprint density at radius 3 is 2.92 bits per heavy atom. The van der Waals surface area contributed by atoms with Crippen molar-refractivity contribution in [3.63, 3.8) is 0 Å². The maximum Gasteiger partial charge on any atom is 0.269 e. The molecule has 3 rings (SSSR count). The van der Waals surface area contributed by atoms with Crippen LogP contribution in [0.1, 0.15) is 48.2 Å². The number of ether oxygens (including phenoxy) is 1. The number of aromatic nitrogens is 2. The number of benzene rings is 1. The zero-order valence-electron chi connectivity index (χ0n) is 13.8. The minimum absolute atomic E-state index is 0.131. The Kier molecular flexibility index (Phi) is 4.24. The van der Waals surface area contributed by atoms with Crippen LogP contribution in [-0.2, 0) is 4.79 Å². The molecular weight excluding hydrogens is 308 g/mol. The molecule has 0 radical (unpaired) electrons. The molecule has 0 bridgehead atoms. The van der Waals surface area contributed by atoms with Crippen molar-refractivity contribution in [3.05, 3.63) is 41.5 Å². The fourth-order valence-corrected chi connectivity index (χ4v) is 2.59. The summed E-state index contributed by atoms with van der Waals surface area (Å²) in [4.78, 5) is 30.9. The second-order valence-electron chi connectivity index (χ2n) is 5.84. The van der Waals surface area contributed by atoms with Crippen molar-refractivity contribution in [2.24, 2.45) is 0 Å². The van der Waals surface area contributed by atoms with Gasteiger partial charge < -0.3 is 20.4 Å². The third-order valence-corrected chi connectivity index (χ3v) is 3.99. The number of carbonyl (C=O) groups is 2. The highest BCUT2D eigenvalue weighted by Gasteiger charge is 2.26. The number of rotatable bonds is 4. The van der Waals surface area contributed by atoms with Crippen molar-refractivity contribution < 1.29 is 14.3 Å². The van der Waals surface area contributed by atoms with Crippen LogP contribution in [0.2, 0.25) is 0 Å². The summed E-state index contributed by atoms with van der Waals surface area (Å²) in [5.41, 5.74) is 1.97. The molecule has 3 N–H and O–H groups in total. The van der Waals surface area contributed by atoms with Gasteiger partial charge in [0, 0.05) is 0 Å². The van der Waals surface area contributed by atoms with E-state index in [1.54, 1.807) is 13.0 Å². The topological polar surface area (TPSA) is 96.1 Å². The standard InChI is InChI=1S/C17H20N4O3/c1-4-14-17(23)21-12-6-5-11(7-15(12)24-14)9(2)19-16(22)13-8-18-10(3)20-13/h5-9,14H,4H2,1-3H3,(H,18,20)(H,19,22)(H,21,23)/t9-,14-/m1/s1. The van der Waals surface area contributed by atoms with Gasteiger partial charge >= 0.3 is 0 Å². The quantitative estimate of drug-likeness (QED) is 0.802. The Bertz CT molecular complexity index is 784. The normalized spacial score (nSPS) is 17.5. The lowest BCUT2D eigenvalue weighted by Crippen LogP contribution is -2.36. The Morgan fingerprint density at radius 1 is 1.46 bits per heavy atom. The molecule has 1 aromatic heterocycles. The molecule has 0 unspecified atom stereocenters. The molecule has 1 aliphatic heterocycles. The third-order valence-electron chi connectivity index (χ3n) is 3.99. The summed E-state index contributed by atoms with van der Waals surface area (Å²) in [5.74, 6) is 0.962. The predicted octanol–water partition coefficient (Wildman–Crippen LogP) is 2.32. The zero-order valence-corrected chi connectivity index (χ0v) is 13.8. The third kappa shape index (κ3) is 3.10. The second-order valence-corrected chi connectivity index (χ2v) is 5.84. The lowest BCUT2D eigenvalue weighted by molar-refractivity contribution is -0.123. The van der Waals surface area contributed by atoms with E-state index in [1.165, 1.54) is 6.20 Å². The highest BCUT2D eigenvalue weighted by Crippen LogP contribution is 2.33. The monoisotopic (exact) mass is 328 g/mol. The predicted molar refractivity (Wildman–Crippen MR) is 89.0 cm³/mol. The first-order valence-electron chi connectivity index (χ1n) is 7.92. The molecule has 2 aromatic rings. The number of aromatic amines is 1. The van der Waals surface area contributed by atoms with Crippen LogP contribution in [0.25, 0.3) is 0 Å². The van der Waals surface area contributed by atoms with E-state index in [4.69, 9.17) is 4.74 Å². The van der Waals surface area contributed by atoms with Crippen LogP contribution in [-0.4, -0.2) is 27.9 Å². The van der Waals surface area contributed by atoms with E-state index in [0.717, 1.165) is 5.56 Å². The first-order chi connectivity index (χ1) is 11.5. The van der Waals surface area contributed by atoms with E-state index in [0.29, 0.717) is 29.4 Å². The molecule has 24 heavy (non-hydrogen) atoms. The number of H-pyrrole nitrogens is 1. The summed E-state index contributed by atoms with van der Waals surface area (Å²) in [6.45, 7) is 5.58. The van der Waals surface area contributed by atoms with Gasteiger partial charge in [0.2, 0.25) is 0 Å². The summed E-state index contributed by atoms with van der Waals surface area (Å²) in [7, 11) is 0. The van der Waals surface area contributed by atoms with Gasteiger partial charge in [0.15, 0.2) is 6.10 Å². The lowest BCUT2D eigenvalue weighted by Gasteiger charge is -2.26. The van der Waals surface area contributed by atoms with Crippen LogP contribution < -0.4 is 15.4 Å². The van der Waals surface area contributed by atoms with Gasteiger partial charge in [-0.3, -0.25) is 9.59 Å². The van der Waals surface area contributed by atoms with Crippen LogP contribution in [0.3, 0.4) is 0 Å². The van der Waals surface area contributed by atoms with E-state index in [-0.39, 0.29) is 17.9 Å². The molecule has 0 saturated carbocycles. The minimum atomic E-state index is -0.481. The largest absolute Gasteiger partial charge is 0.478 e. The molecule has 126 valence electrons. The summed E-state index contributed by atoms with van der Waals surface area (Å²) in [5, 5.41) is 5.75. The number of amides is 2. The number of fused-ring (bicyclic) bond motifs is 1. The van der Waals surface area contributed by atoms with Crippen molar-refractivity contribution in [2.45, 2.75) is 39.3 Å². The zero-order chi connectivity index (χ0) is 17.3. The number of hydrogen-bond acceptors (Lipinski definition) is 4. The molecule has 1 aromatic carbocycles. The molecule has 7 nitrogen and oxygen atoms in total. The molecule has 7 heteroatoms. The van der Waals surface area contributed by atoms with Gasteiger partial charge in [-0.25, -0.2) is 4.98 Å². The van der Waals surface area contributed by atoms with Gasteiger partial charge in [-0.15, -0.1) is 0 Å². The number of nitrogens with zero attached hydrogens (tertiary/aromatic N) is 1. The van der Waals surface area contributed by atoms with Crippen LogP contribution in [0.15, 0.2) is 24.4 Å². The number of imidazole rings is 1. The second kappa shape index (κ2) is 6.35. The summed E-state index contributed by atoms with van der Waals surface area (Å²) >= 11 is 0. The molecule has 2 heterocycles. The molecule has 0 fully saturated rings. The van der Waals surface area contributed by atoms with Gasteiger partial charge in [0.1, 0.15) is 17.3 Å². The van der Waals surface area contributed by atoms with Crippen molar-refractivity contribution in [3.8, 4) is 5.75 Å². The Morgan fingerprint density at radius 2 is 2.25 bits per heavy atom. The number of nitrogens with one attached hydrogen (secondary N) is 3. The molecule has 2 atom stereocenters. The van der Waals surface area contributed by atoms with Gasteiger partial charge in [-0.1, -0.05) is 13.0 Å². The van der Waals surface area contributed by atoms with E-state index in [2.05, 4.69) is 20.6 Å². The molecule has 0 spiro atoms. The fraction of sp³-hybridized carbons (Fsp3) is 0.353. The van der Waals surface area contributed by atoms with Crippen molar-refractivity contribution in [2.75, 3.05) is 5.32 Å². The first kappa shape index (κ1) is 16.0. The Balaban J connectivity index is 1.75. The van der Waals surface area contributed by atoms with Crippen LogP contribution >= 0.6 is 0 Å². The molecular formula is C17H20N4O3. The molecule has 2 amide bonds. The molecule has 0 saturated heterocycles. The summed E-state index contributed by atoms with van der Waals surface area (Å²) in [6, 6.07) is 5.28. The van der Waals surface area contributed by atoms with Crippen LogP contribution in [0, 0.1) is 6.92 Å². The summed E-state index contributed by atoms with van der Waals surface area (Å²) < 4.78 is 5.74. The van der Waals surface area contributed by atoms with E-state index in [1.807, 2.05) is 26.0 Å². The van der Waals surface area contributed by atoms with E-state index < -0.39 is 6.10 Å². The first-order valence-corrected chi connectivity index (χ1v) is 7.92. The van der Waals surface area contributed by atoms with Crippen molar-refractivity contribution in [1.29, 1.82) is 0 Å². The molecule has 0 aliphatic carbocycles. The van der Waals surface area contributed by atoms with Gasteiger partial charge in [0.25, 0.3) is 11.8 Å². The van der Waals surface area contributed by atoms with Crippen LogP contribution in [0.4, 0.5) is 5.69 Å². The van der Waals surface area contributed by atoms with Crippen LogP contribution in [0.5, 0.6) is 5.75 Å². The number of hydrogen-bond donors (Lipinski definition) is 3. The summed E-state index contributed by atoms with van der Waals surface area (Å²) in [6.07, 6.45) is 1.63. The molecule has 1 aliphatic rings. The SMILES string of the molecule is CC[C@H]1Oc2cc([C@@H](C)NC(=O)c3cnc(C)[nH]3)ccc2NC1=O. The average molecular weight is 328 g/mol. The van der Waals surface area contributed by atoms with Crippen molar-refractivity contribution >= 4 is 17.5 Å². The highest BCUT2D eigenvalue weighted by atomic mass is 16.5. The maximum absolute atomic E-state index is 12.2. The van der Waals surface area contributed by atoms with E-state index >= 15 is 0 Å². The minimum Gasteiger partial charge on any atom is -0.478 e. The Hall–Kier alpha value is -2.83. The Labute approximate surface area is 139 Å². The number of carbonyl (C=O) groups excluding carboxylic acids is 2.